The number of hydrogen-bond donors (Lipinski definition) is 1. The van der Waals surface area contributed by atoms with Crippen LogP contribution in [0.1, 0.15) is 31.9 Å². The molecule has 0 aliphatic carbocycles. The molecule has 0 aliphatic rings. The lowest BCUT2D eigenvalue weighted by molar-refractivity contribution is -0.111. The first-order valence-electron chi connectivity index (χ1n) is 11.6. The van der Waals surface area contributed by atoms with Crippen LogP contribution < -0.4 is 14.8 Å². The molecule has 1 amide bonds. The van der Waals surface area contributed by atoms with Crippen molar-refractivity contribution in [3.8, 4) is 22.6 Å². The number of furan rings is 1. The lowest BCUT2D eigenvalue weighted by Crippen LogP contribution is -2.09. The maximum atomic E-state index is 12.8. The van der Waals surface area contributed by atoms with E-state index in [1.165, 1.54) is 0 Å². The summed E-state index contributed by atoms with van der Waals surface area (Å²) in [7, 11) is 0. The molecule has 0 radical (unpaired) electrons. The van der Waals surface area contributed by atoms with Crippen LogP contribution in [0, 0.1) is 6.92 Å². The number of fused-ring (bicyclic) bond motifs is 1. The van der Waals surface area contributed by atoms with E-state index < -0.39 is 0 Å². The fourth-order valence-electron chi connectivity index (χ4n) is 4.07. The number of carbonyl (C=O) groups is 1. The summed E-state index contributed by atoms with van der Waals surface area (Å²) in [6.45, 7) is 8.87. The summed E-state index contributed by atoms with van der Waals surface area (Å²) in [5.41, 5.74) is 5.78. The van der Waals surface area contributed by atoms with Gasteiger partial charge in [-0.1, -0.05) is 35.9 Å². The van der Waals surface area contributed by atoms with Gasteiger partial charge in [0.05, 0.1) is 30.2 Å². The van der Waals surface area contributed by atoms with Crippen molar-refractivity contribution in [3.05, 3.63) is 83.1 Å². The minimum atomic E-state index is -0.269. The van der Waals surface area contributed by atoms with Crippen molar-refractivity contribution < 1.29 is 18.7 Å². The van der Waals surface area contributed by atoms with E-state index in [1.807, 2.05) is 70.2 Å². The van der Waals surface area contributed by atoms with Gasteiger partial charge in [-0.05, 0) is 69.2 Å². The molecule has 6 heteroatoms. The summed E-state index contributed by atoms with van der Waals surface area (Å²) in [5.74, 6) is 1.25. The Morgan fingerprint density at radius 3 is 2.46 bits per heavy atom. The average molecular weight is 490 g/mol. The zero-order chi connectivity index (χ0) is 24.9. The number of anilines is 1. The Balaban J connectivity index is 1.76. The van der Waals surface area contributed by atoms with Crippen LogP contribution in [0.25, 0.3) is 27.7 Å². The van der Waals surface area contributed by atoms with Crippen LogP contribution in [0.3, 0.4) is 0 Å². The summed E-state index contributed by atoms with van der Waals surface area (Å²) < 4.78 is 17.6. The van der Waals surface area contributed by atoms with Crippen LogP contribution in [-0.4, -0.2) is 19.1 Å². The molecule has 0 saturated heterocycles. The van der Waals surface area contributed by atoms with E-state index in [-0.39, 0.29) is 5.91 Å². The van der Waals surface area contributed by atoms with Crippen molar-refractivity contribution in [2.45, 2.75) is 27.7 Å². The second-order valence-electron chi connectivity index (χ2n) is 8.09. The Bertz CT molecular complexity index is 1390. The molecule has 3 aromatic carbocycles. The van der Waals surface area contributed by atoms with Crippen molar-refractivity contribution in [3.63, 3.8) is 0 Å². The SMILES string of the molecule is CCOc1ccc(-c2coc3c(C)c(OCC)c(/C(C)=C/C(=O)Nc4ccccc4Cl)cc23)cc1. The van der Waals surface area contributed by atoms with E-state index in [1.54, 1.807) is 24.5 Å². The maximum absolute atomic E-state index is 12.8. The standard InChI is InChI=1S/C29H28ClNO4/c1-5-33-21-13-11-20(12-14-21)24-17-35-29-19(4)28(34-6-2)22(16-23(24)29)18(3)15-27(32)31-26-10-8-7-9-25(26)30/h7-17H,5-6H2,1-4H3,(H,31,32)/b18-15+. The Morgan fingerprint density at radius 2 is 1.77 bits per heavy atom. The van der Waals surface area contributed by atoms with Gasteiger partial charge in [0.1, 0.15) is 17.1 Å². The number of ether oxygens (including phenoxy) is 2. The molecule has 0 spiro atoms. The largest absolute Gasteiger partial charge is 0.494 e. The molecule has 5 nitrogen and oxygen atoms in total. The second kappa shape index (κ2) is 10.7. The van der Waals surface area contributed by atoms with Gasteiger partial charge in [-0.15, -0.1) is 0 Å². The third-order valence-electron chi connectivity index (χ3n) is 5.71. The third kappa shape index (κ3) is 5.20. The molecule has 0 atom stereocenters. The van der Waals surface area contributed by atoms with Crippen LogP contribution in [0.4, 0.5) is 5.69 Å². The molecule has 0 bridgehead atoms. The van der Waals surface area contributed by atoms with Crippen LogP contribution in [0.15, 0.2) is 71.4 Å². The number of hydrogen-bond acceptors (Lipinski definition) is 4. The zero-order valence-corrected chi connectivity index (χ0v) is 21.0. The Morgan fingerprint density at radius 1 is 1.06 bits per heavy atom. The summed E-state index contributed by atoms with van der Waals surface area (Å²) in [4.78, 5) is 12.8. The van der Waals surface area contributed by atoms with E-state index >= 15 is 0 Å². The highest BCUT2D eigenvalue weighted by molar-refractivity contribution is 6.33. The highest BCUT2D eigenvalue weighted by Crippen LogP contribution is 2.41. The molecule has 1 aromatic heterocycles. The second-order valence-corrected chi connectivity index (χ2v) is 8.50. The number of aryl methyl sites for hydroxylation is 1. The van der Waals surface area contributed by atoms with Gasteiger partial charge in [0.25, 0.3) is 0 Å². The lowest BCUT2D eigenvalue weighted by Gasteiger charge is -2.15. The summed E-state index contributed by atoms with van der Waals surface area (Å²) in [6, 6.07) is 17.1. The topological polar surface area (TPSA) is 60.7 Å². The highest BCUT2D eigenvalue weighted by Gasteiger charge is 2.19. The molecule has 0 fully saturated rings. The molecule has 0 unspecified atom stereocenters. The summed E-state index contributed by atoms with van der Waals surface area (Å²) >= 11 is 6.19. The molecule has 0 aliphatic heterocycles. The average Bonchev–Trinajstić information content (AvgIpc) is 3.27. The van der Waals surface area contributed by atoms with Gasteiger partial charge in [-0.3, -0.25) is 4.79 Å². The van der Waals surface area contributed by atoms with E-state index in [0.29, 0.717) is 29.7 Å². The van der Waals surface area contributed by atoms with Gasteiger partial charge in [-0.25, -0.2) is 0 Å². The number of rotatable bonds is 8. The highest BCUT2D eigenvalue weighted by atomic mass is 35.5. The van der Waals surface area contributed by atoms with Gasteiger partial charge in [0.2, 0.25) is 5.91 Å². The zero-order valence-electron chi connectivity index (χ0n) is 20.3. The van der Waals surface area contributed by atoms with Crippen molar-refractivity contribution in [2.24, 2.45) is 0 Å². The summed E-state index contributed by atoms with van der Waals surface area (Å²) in [6.07, 6.45) is 3.32. The van der Waals surface area contributed by atoms with Gasteiger partial charge >= 0.3 is 0 Å². The number of nitrogens with one attached hydrogen (secondary N) is 1. The number of allylic oxidation sites excluding steroid dienone is 1. The number of para-hydroxylation sites is 1. The number of carbonyl (C=O) groups excluding carboxylic acids is 1. The van der Waals surface area contributed by atoms with Gasteiger partial charge in [-0.2, -0.15) is 0 Å². The molecule has 4 aromatic rings. The van der Waals surface area contributed by atoms with E-state index in [4.69, 9.17) is 25.5 Å². The number of benzene rings is 3. The predicted octanol–water partition coefficient (Wildman–Crippen LogP) is 7.90. The van der Waals surface area contributed by atoms with E-state index in [2.05, 4.69) is 5.32 Å². The van der Waals surface area contributed by atoms with Gasteiger partial charge in [0, 0.05) is 28.2 Å². The molecule has 35 heavy (non-hydrogen) atoms. The van der Waals surface area contributed by atoms with Crippen molar-refractivity contribution in [1.82, 2.24) is 0 Å². The maximum Gasteiger partial charge on any atom is 0.248 e. The van der Waals surface area contributed by atoms with Crippen LogP contribution in [0.5, 0.6) is 11.5 Å². The molecular formula is C29H28ClNO4. The van der Waals surface area contributed by atoms with Crippen molar-refractivity contribution in [2.75, 3.05) is 18.5 Å². The van der Waals surface area contributed by atoms with Gasteiger partial charge < -0.3 is 19.2 Å². The first kappa shape index (κ1) is 24.4. The van der Waals surface area contributed by atoms with Crippen LogP contribution in [-0.2, 0) is 4.79 Å². The third-order valence-corrected chi connectivity index (χ3v) is 6.04. The molecule has 0 saturated carbocycles. The quantitative estimate of drug-likeness (QED) is 0.255. The number of halogens is 1. The smallest absolute Gasteiger partial charge is 0.248 e. The Labute approximate surface area is 210 Å². The Kier molecular flexibility index (Phi) is 7.47. The Hall–Kier alpha value is -3.70. The first-order valence-corrected chi connectivity index (χ1v) is 12.0. The normalized spacial score (nSPS) is 11.5. The van der Waals surface area contributed by atoms with Crippen molar-refractivity contribution in [1.29, 1.82) is 0 Å². The first-order chi connectivity index (χ1) is 16.9. The van der Waals surface area contributed by atoms with E-state index in [9.17, 15) is 4.79 Å². The van der Waals surface area contributed by atoms with E-state index in [0.717, 1.165) is 44.5 Å². The monoisotopic (exact) mass is 489 g/mol. The lowest BCUT2D eigenvalue weighted by atomic mass is 9.96. The predicted molar refractivity (Wildman–Crippen MR) is 142 cm³/mol. The van der Waals surface area contributed by atoms with Crippen molar-refractivity contribution >= 4 is 39.7 Å². The molecule has 180 valence electrons. The fourth-order valence-corrected chi connectivity index (χ4v) is 4.25. The number of amides is 1. The van der Waals surface area contributed by atoms with Crippen LogP contribution in [0.2, 0.25) is 5.02 Å². The summed E-state index contributed by atoms with van der Waals surface area (Å²) in [5, 5.41) is 4.28. The van der Waals surface area contributed by atoms with Crippen LogP contribution >= 0.6 is 11.6 Å². The fraction of sp³-hybridized carbons (Fsp3) is 0.207. The molecule has 1 heterocycles. The molecule has 4 rings (SSSR count). The minimum Gasteiger partial charge on any atom is -0.494 e. The molecular weight excluding hydrogens is 462 g/mol. The molecule has 1 N–H and O–H groups in total. The van der Waals surface area contributed by atoms with Gasteiger partial charge in [0.15, 0.2) is 0 Å². The minimum absolute atomic E-state index is 0.269.